The fourth-order valence-electron chi connectivity index (χ4n) is 3.35. The maximum absolute atomic E-state index is 12.9. The zero-order valence-corrected chi connectivity index (χ0v) is 17.5. The Hall–Kier alpha value is -3.61. The summed E-state index contributed by atoms with van der Waals surface area (Å²) in [5.41, 5.74) is 4.04. The number of fused-ring (bicyclic) bond motifs is 1. The van der Waals surface area contributed by atoms with Crippen LogP contribution in [0.15, 0.2) is 29.8 Å². The summed E-state index contributed by atoms with van der Waals surface area (Å²) in [7, 11) is 1.28. The highest BCUT2D eigenvalue weighted by atomic mass is 16.5. The molecule has 0 aromatic heterocycles. The molecule has 0 saturated carbocycles. The van der Waals surface area contributed by atoms with E-state index in [1.807, 2.05) is 20.8 Å². The lowest BCUT2D eigenvalue weighted by molar-refractivity contribution is -0.132. The van der Waals surface area contributed by atoms with Gasteiger partial charge in [-0.05, 0) is 50.1 Å². The molecule has 0 aliphatic carbocycles. The first-order chi connectivity index (χ1) is 14.2. The molecule has 0 bridgehead atoms. The molecule has 1 heterocycles. The number of esters is 2. The molecule has 3 rings (SSSR count). The minimum absolute atomic E-state index is 0.0753. The Kier molecular flexibility index (Phi) is 5.91. The van der Waals surface area contributed by atoms with Crippen molar-refractivity contribution in [2.24, 2.45) is 0 Å². The molecule has 1 aliphatic rings. The number of carbonyl (C=O) groups excluding carboxylic acids is 3. The van der Waals surface area contributed by atoms with Crippen LogP contribution in [0.3, 0.4) is 0 Å². The SMILES string of the molecule is COC(=O)c1ccccc1NC(=O)C1=Cc2c(C)c(OC(C)=O)c(C)c(C)c2OC1. The number of hydrogen-bond acceptors (Lipinski definition) is 6. The van der Waals surface area contributed by atoms with Crippen molar-refractivity contribution in [1.29, 1.82) is 0 Å². The highest BCUT2D eigenvalue weighted by Gasteiger charge is 2.25. The number of methoxy groups -OCH3 is 1. The monoisotopic (exact) mass is 409 g/mol. The zero-order valence-electron chi connectivity index (χ0n) is 17.5. The molecule has 30 heavy (non-hydrogen) atoms. The van der Waals surface area contributed by atoms with E-state index >= 15 is 0 Å². The lowest BCUT2D eigenvalue weighted by Gasteiger charge is -2.24. The maximum atomic E-state index is 12.9. The highest BCUT2D eigenvalue weighted by molar-refractivity contribution is 6.10. The van der Waals surface area contributed by atoms with Gasteiger partial charge in [0.15, 0.2) is 0 Å². The number of carbonyl (C=O) groups is 3. The van der Waals surface area contributed by atoms with Gasteiger partial charge in [0.05, 0.1) is 23.9 Å². The van der Waals surface area contributed by atoms with Crippen molar-refractivity contribution in [3.05, 3.63) is 57.7 Å². The Labute approximate surface area is 174 Å². The molecule has 0 radical (unpaired) electrons. The summed E-state index contributed by atoms with van der Waals surface area (Å²) in [6, 6.07) is 6.60. The Morgan fingerprint density at radius 2 is 1.73 bits per heavy atom. The van der Waals surface area contributed by atoms with Crippen molar-refractivity contribution >= 4 is 29.6 Å². The van der Waals surface area contributed by atoms with Crippen LogP contribution in [-0.4, -0.2) is 31.6 Å². The average molecular weight is 409 g/mol. The summed E-state index contributed by atoms with van der Waals surface area (Å²) in [5, 5.41) is 2.75. The summed E-state index contributed by atoms with van der Waals surface area (Å²) in [4.78, 5) is 36.3. The van der Waals surface area contributed by atoms with E-state index in [0.29, 0.717) is 33.9 Å². The van der Waals surface area contributed by atoms with Crippen molar-refractivity contribution in [2.45, 2.75) is 27.7 Å². The molecule has 2 aromatic carbocycles. The van der Waals surface area contributed by atoms with Crippen LogP contribution in [-0.2, 0) is 14.3 Å². The Bertz CT molecular complexity index is 1080. The van der Waals surface area contributed by atoms with Gasteiger partial charge in [-0.1, -0.05) is 12.1 Å². The van der Waals surface area contributed by atoms with Gasteiger partial charge in [0.2, 0.25) is 0 Å². The molecule has 7 heteroatoms. The molecule has 2 aromatic rings. The van der Waals surface area contributed by atoms with E-state index in [1.165, 1.54) is 14.0 Å². The minimum atomic E-state index is -0.543. The van der Waals surface area contributed by atoms with Crippen LogP contribution in [0.2, 0.25) is 0 Å². The predicted octanol–water partition coefficient (Wildman–Crippen LogP) is 3.74. The first-order valence-corrected chi connectivity index (χ1v) is 9.38. The highest BCUT2D eigenvalue weighted by Crippen LogP contribution is 2.41. The second kappa shape index (κ2) is 8.41. The van der Waals surface area contributed by atoms with Crippen molar-refractivity contribution in [3.63, 3.8) is 0 Å². The number of rotatable bonds is 4. The van der Waals surface area contributed by atoms with Gasteiger partial charge in [-0.25, -0.2) is 4.79 Å². The van der Waals surface area contributed by atoms with Crippen LogP contribution >= 0.6 is 0 Å². The molecule has 156 valence electrons. The normalized spacial score (nSPS) is 12.2. The van der Waals surface area contributed by atoms with E-state index in [-0.39, 0.29) is 12.2 Å². The molecule has 0 spiro atoms. The van der Waals surface area contributed by atoms with E-state index in [1.54, 1.807) is 30.3 Å². The van der Waals surface area contributed by atoms with Crippen LogP contribution in [0, 0.1) is 20.8 Å². The summed E-state index contributed by atoms with van der Waals surface area (Å²) in [6.45, 7) is 6.98. The number of ether oxygens (including phenoxy) is 3. The number of benzene rings is 2. The molecule has 0 saturated heterocycles. The fourth-order valence-corrected chi connectivity index (χ4v) is 3.35. The lowest BCUT2D eigenvalue weighted by atomic mass is 9.94. The fraction of sp³-hybridized carbons (Fsp3) is 0.261. The number of amides is 1. The van der Waals surface area contributed by atoms with E-state index in [0.717, 1.165) is 11.1 Å². The van der Waals surface area contributed by atoms with Crippen LogP contribution < -0.4 is 14.8 Å². The third-order valence-electron chi connectivity index (χ3n) is 5.04. The summed E-state index contributed by atoms with van der Waals surface area (Å²) in [6.07, 6.45) is 1.73. The van der Waals surface area contributed by atoms with Crippen molar-refractivity contribution < 1.29 is 28.6 Å². The van der Waals surface area contributed by atoms with E-state index < -0.39 is 17.8 Å². The van der Waals surface area contributed by atoms with Gasteiger partial charge in [-0.15, -0.1) is 0 Å². The van der Waals surface area contributed by atoms with Crippen LogP contribution in [0.1, 0.15) is 39.5 Å². The van der Waals surface area contributed by atoms with Crippen molar-refractivity contribution in [3.8, 4) is 11.5 Å². The average Bonchev–Trinajstić information content (AvgIpc) is 2.74. The van der Waals surface area contributed by atoms with Crippen LogP contribution in [0.5, 0.6) is 11.5 Å². The zero-order chi connectivity index (χ0) is 22.0. The summed E-state index contributed by atoms with van der Waals surface area (Å²) >= 11 is 0. The number of nitrogens with one attached hydrogen (secondary N) is 1. The molecule has 0 fully saturated rings. The second-order valence-corrected chi connectivity index (χ2v) is 6.99. The number of anilines is 1. The largest absolute Gasteiger partial charge is 0.488 e. The smallest absolute Gasteiger partial charge is 0.339 e. The first kappa shape index (κ1) is 21.1. The molecule has 7 nitrogen and oxygen atoms in total. The number of para-hydroxylation sites is 1. The number of hydrogen-bond donors (Lipinski definition) is 1. The molecule has 0 atom stereocenters. The maximum Gasteiger partial charge on any atom is 0.339 e. The van der Waals surface area contributed by atoms with Gasteiger partial charge in [0, 0.05) is 18.1 Å². The van der Waals surface area contributed by atoms with Gasteiger partial charge in [0.25, 0.3) is 5.91 Å². The van der Waals surface area contributed by atoms with Gasteiger partial charge in [-0.3, -0.25) is 9.59 Å². The minimum Gasteiger partial charge on any atom is -0.488 e. The standard InChI is InChI=1S/C23H23NO6/c1-12-13(2)21-18(14(3)20(12)30-15(4)25)10-16(11-29-21)22(26)24-19-9-7-6-8-17(19)23(27)28-5/h6-10H,11H2,1-5H3,(H,24,26). The molecule has 0 unspecified atom stereocenters. The quantitative estimate of drug-likeness (QED) is 0.611. The topological polar surface area (TPSA) is 90.9 Å². The van der Waals surface area contributed by atoms with Crippen LogP contribution in [0.4, 0.5) is 5.69 Å². The van der Waals surface area contributed by atoms with Crippen LogP contribution in [0.25, 0.3) is 6.08 Å². The first-order valence-electron chi connectivity index (χ1n) is 9.38. The Morgan fingerprint density at radius 1 is 1.03 bits per heavy atom. The summed E-state index contributed by atoms with van der Waals surface area (Å²) in [5.74, 6) is -0.232. The Balaban J connectivity index is 1.98. The van der Waals surface area contributed by atoms with Crippen molar-refractivity contribution in [2.75, 3.05) is 19.0 Å². The van der Waals surface area contributed by atoms with Gasteiger partial charge in [-0.2, -0.15) is 0 Å². The molecule has 1 aliphatic heterocycles. The van der Waals surface area contributed by atoms with E-state index in [9.17, 15) is 14.4 Å². The Morgan fingerprint density at radius 3 is 2.40 bits per heavy atom. The molecule has 1 N–H and O–H groups in total. The van der Waals surface area contributed by atoms with Gasteiger partial charge in [0.1, 0.15) is 18.1 Å². The molecule has 1 amide bonds. The van der Waals surface area contributed by atoms with E-state index in [4.69, 9.17) is 14.2 Å². The van der Waals surface area contributed by atoms with E-state index in [2.05, 4.69) is 5.32 Å². The molecular formula is C23H23NO6. The van der Waals surface area contributed by atoms with Gasteiger partial charge < -0.3 is 19.5 Å². The van der Waals surface area contributed by atoms with Crippen molar-refractivity contribution in [1.82, 2.24) is 0 Å². The second-order valence-electron chi connectivity index (χ2n) is 6.99. The third kappa shape index (κ3) is 3.91. The van der Waals surface area contributed by atoms with Gasteiger partial charge >= 0.3 is 11.9 Å². The predicted molar refractivity (Wildman–Crippen MR) is 112 cm³/mol. The molecular weight excluding hydrogens is 386 g/mol. The third-order valence-corrected chi connectivity index (χ3v) is 5.04. The lowest BCUT2D eigenvalue weighted by Crippen LogP contribution is -2.23. The summed E-state index contributed by atoms with van der Waals surface area (Å²) < 4.78 is 16.0.